The molecule has 0 spiro atoms. The van der Waals surface area contributed by atoms with E-state index in [0.717, 1.165) is 91.6 Å². The Labute approximate surface area is 306 Å². The van der Waals surface area contributed by atoms with Crippen molar-refractivity contribution in [3.05, 3.63) is 76.2 Å². The number of nitrogens with one attached hydrogen (secondary N) is 2. The van der Waals surface area contributed by atoms with Gasteiger partial charge in [-0.25, -0.2) is 14.8 Å². The van der Waals surface area contributed by atoms with Gasteiger partial charge in [-0.2, -0.15) is 5.10 Å². The van der Waals surface area contributed by atoms with Gasteiger partial charge in [0.15, 0.2) is 0 Å². The van der Waals surface area contributed by atoms with E-state index >= 15 is 0 Å². The number of pyridine rings is 2. The monoisotopic (exact) mass is 719 g/mol. The van der Waals surface area contributed by atoms with Crippen LogP contribution in [0.25, 0.3) is 21.9 Å². The van der Waals surface area contributed by atoms with E-state index in [1.54, 1.807) is 35.6 Å². The molecule has 4 aromatic heterocycles. The SMILES string of the molecule is COc1ccc2c(c1C1CCN(C[C@H]3CC[C@H](n4cc5cc(NC(=O)c6cccc(C)n6)ncc5n4)CC3)CC1)n(C)c(=O)n2C1CCC(=O)NC1=O. The van der Waals surface area contributed by atoms with Crippen molar-refractivity contribution in [3.8, 4) is 5.75 Å². The Kier molecular flexibility index (Phi) is 9.31. The fraction of sp³-hybridized carbons (Fsp3) is 0.462. The molecule has 276 valence electrons. The first kappa shape index (κ1) is 34.7. The first-order valence-electron chi connectivity index (χ1n) is 18.6. The van der Waals surface area contributed by atoms with Crippen molar-refractivity contribution < 1.29 is 19.1 Å². The van der Waals surface area contributed by atoms with E-state index in [9.17, 15) is 19.2 Å². The van der Waals surface area contributed by atoms with E-state index in [-0.39, 0.29) is 29.8 Å². The van der Waals surface area contributed by atoms with E-state index in [4.69, 9.17) is 9.84 Å². The maximum atomic E-state index is 13.6. The van der Waals surface area contributed by atoms with Crippen LogP contribution in [0.5, 0.6) is 5.75 Å². The van der Waals surface area contributed by atoms with Crippen LogP contribution in [0.15, 0.2) is 53.6 Å². The molecule has 3 aliphatic rings. The highest BCUT2D eigenvalue weighted by Crippen LogP contribution is 2.41. The van der Waals surface area contributed by atoms with Crippen LogP contribution >= 0.6 is 0 Å². The second-order valence-electron chi connectivity index (χ2n) is 14.8. The zero-order valence-electron chi connectivity index (χ0n) is 30.4. The van der Waals surface area contributed by atoms with Gasteiger partial charge < -0.3 is 15.0 Å². The number of imidazole rings is 1. The Morgan fingerprint density at radius 2 is 1.81 bits per heavy atom. The van der Waals surface area contributed by atoms with Gasteiger partial charge in [-0.05, 0) is 107 Å². The van der Waals surface area contributed by atoms with Crippen LogP contribution in [0, 0.1) is 12.8 Å². The van der Waals surface area contributed by atoms with Gasteiger partial charge in [0.25, 0.3) is 5.91 Å². The van der Waals surface area contributed by atoms with Gasteiger partial charge in [0.1, 0.15) is 28.8 Å². The highest BCUT2D eigenvalue weighted by Gasteiger charge is 2.34. The minimum atomic E-state index is -0.721. The van der Waals surface area contributed by atoms with E-state index in [0.29, 0.717) is 35.4 Å². The van der Waals surface area contributed by atoms with Gasteiger partial charge in [-0.1, -0.05) is 6.07 Å². The summed E-state index contributed by atoms with van der Waals surface area (Å²) in [5, 5.41) is 11.0. The highest BCUT2D eigenvalue weighted by atomic mass is 16.5. The molecule has 0 radical (unpaired) electrons. The van der Waals surface area contributed by atoms with Crippen molar-refractivity contribution in [2.24, 2.45) is 13.0 Å². The van der Waals surface area contributed by atoms with Crippen molar-refractivity contribution in [2.45, 2.75) is 76.3 Å². The number of imide groups is 1. The molecule has 2 saturated heterocycles. The molecule has 1 aliphatic carbocycles. The number of piperidine rings is 2. The molecule has 3 amide bonds. The van der Waals surface area contributed by atoms with Crippen LogP contribution in [0.3, 0.4) is 0 Å². The summed E-state index contributed by atoms with van der Waals surface area (Å²) in [5.74, 6) is 1.03. The third kappa shape index (κ3) is 6.71. The summed E-state index contributed by atoms with van der Waals surface area (Å²) in [6.07, 6.45) is 10.6. The Hall–Kier alpha value is -5.37. The second-order valence-corrected chi connectivity index (χ2v) is 14.8. The van der Waals surface area contributed by atoms with Crippen LogP contribution in [0.4, 0.5) is 5.82 Å². The summed E-state index contributed by atoms with van der Waals surface area (Å²) >= 11 is 0. The third-order valence-corrected chi connectivity index (χ3v) is 11.5. The third-order valence-electron chi connectivity index (χ3n) is 11.5. The fourth-order valence-electron chi connectivity index (χ4n) is 8.70. The largest absolute Gasteiger partial charge is 0.496 e. The lowest BCUT2D eigenvalue weighted by molar-refractivity contribution is -0.135. The molecule has 1 saturated carbocycles. The highest BCUT2D eigenvalue weighted by molar-refractivity contribution is 6.03. The molecule has 0 bridgehead atoms. The smallest absolute Gasteiger partial charge is 0.329 e. The van der Waals surface area contributed by atoms with Crippen LogP contribution in [0.2, 0.25) is 0 Å². The average molecular weight is 720 g/mol. The number of ether oxygens (including phenoxy) is 1. The number of nitrogens with zero attached hydrogens (tertiary/aromatic N) is 7. The van der Waals surface area contributed by atoms with Gasteiger partial charge in [-0.3, -0.25) is 33.5 Å². The van der Waals surface area contributed by atoms with Gasteiger partial charge in [0, 0.05) is 42.9 Å². The topological polar surface area (TPSA) is 158 Å². The molecular formula is C39H45N9O5. The van der Waals surface area contributed by atoms with Crippen LogP contribution in [-0.2, 0) is 16.6 Å². The predicted molar refractivity (Wildman–Crippen MR) is 199 cm³/mol. The molecule has 1 unspecified atom stereocenters. The molecule has 5 aromatic rings. The summed E-state index contributed by atoms with van der Waals surface area (Å²) in [4.78, 5) is 62.2. The zero-order chi connectivity index (χ0) is 36.8. The maximum Gasteiger partial charge on any atom is 0.329 e. The molecule has 6 heterocycles. The van der Waals surface area contributed by atoms with Gasteiger partial charge in [0.05, 0.1) is 30.4 Å². The van der Waals surface area contributed by atoms with Gasteiger partial charge in [-0.15, -0.1) is 0 Å². The van der Waals surface area contributed by atoms with E-state index in [1.165, 1.54) is 0 Å². The van der Waals surface area contributed by atoms with Crippen molar-refractivity contribution in [2.75, 3.05) is 32.1 Å². The molecule has 1 atom stereocenters. The second kappa shape index (κ2) is 14.2. The molecule has 14 nitrogen and oxygen atoms in total. The summed E-state index contributed by atoms with van der Waals surface area (Å²) in [7, 11) is 3.42. The normalized spacial score (nSPS) is 21.6. The predicted octanol–water partition coefficient (Wildman–Crippen LogP) is 4.64. The molecule has 3 fully saturated rings. The van der Waals surface area contributed by atoms with E-state index in [1.807, 2.05) is 37.3 Å². The van der Waals surface area contributed by atoms with Crippen molar-refractivity contribution in [3.63, 3.8) is 0 Å². The van der Waals surface area contributed by atoms with Crippen LogP contribution < -0.4 is 21.1 Å². The molecule has 2 N–H and O–H groups in total. The average Bonchev–Trinajstić information content (AvgIpc) is 3.69. The molecule has 14 heteroatoms. The number of benzene rings is 1. The lowest BCUT2D eigenvalue weighted by Gasteiger charge is -2.37. The first-order valence-corrected chi connectivity index (χ1v) is 18.6. The number of fused-ring (bicyclic) bond motifs is 2. The van der Waals surface area contributed by atoms with Crippen molar-refractivity contribution in [1.29, 1.82) is 0 Å². The summed E-state index contributed by atoms with van der Waals surface area (Å²) < 4.78 is 11.1. The van der Waals surface area contributed by atoms with Gasteiger partial charge in [0.2, 0.25) is 11.8 Å². The van der Waals surface area contributed by atoms with Gasteiger partial charge >= 0.3 is 5.69 Å². The summed E-state index contributed by atoms with van der Waals surface area (Å²) in [6.45, 7) is 4.84. The Morgan fingerprint density at radius 3 is 2.55 bits per heavy atom. The first-order chi connectivity index (χ1) is 25.7. The molecule has 1 aromatic carbocycles. The number of likely N-dealkylation sites (tertiary alicyclic amines) is 1. The van der Waals surface area contributed by atoms with Crippen LogP contribution in [0.1, 0.15) is 91.1 Å². The minimum absolute atomic E-state index is 0.206. The number of carbonyl (C=O) groups excluding carboxylic acids is 3. The standard InChI is InChI=1S/C39H45N9O5/c1-23-5-4-6-28(41-23)37(50)42-33-19-26-22-47(44-29(26)20-40-33)27-9-7-24(8-10-27)21-46-17-15-25(16-18-46)35-32(53-3)13-11-30-36(35)45(2)39(52)48(30)31-12-14-34(49)43-38(31)51/h4-6,11,13,19-20,22,24-25,27,31H,7-10,12,14-18,21H2,1-3H3,(H,42,50)(H,43,49,51)/t24-,27-,31?. The van der Waals surface area contributed by atoms with Crippen LogP contribution in [-0.4, -0.2) is 78.2 Å². The lowest BCUT2D eigenvalue weighted by Crippen LogP contribution is -2.44. The van der Waals surface area contributed by atoms with Crippen molar-refractivity contribution in [1.82, 2.24) is 39.1 Å². The van der Waals surface area contributed by atoms with E-state index < -0.39 is 11.9 Å². The zero-order valence-corrected chi connectivity index (χ0v) is 30.4. The number of anilines is 1. The number of hydrogen-bond donors (Lipinski definition) is 2. The maximum absolute atomic E-state index is 13.6. The summed E-state index contributed by atoms with van der Waals surface area (Å²) in [5.41, 5.74) is 4.21. The number of hydrogen-bond acceptors (Lipinski definition) is 9. The Bertz CT molecular complexity index is 2270. The number of aromatic nitrogens is 6. The number of rotatable bonds is 8. The number of amides is 3. The fourth-order valence-corrected chi connectivity index (χ4v) is 8.70. The Morgan fingerprint density at radius 1 is 1.02 bits per heavy atom. The number of carbonyl (C=O) groups is 3. The summed E-state index contributed by atoms with van der Waals surface area (Å²) in [6, 6.07) is 10.6. The Balaban J connectivity index is 0.887. The van der Waals surface area contributed by atoms with E-state index in [2.05, 4.69) is 36.4 Å². The molecular weight excluding hydrogens is 674 g/mol. The molecule has 53 heavy (non-hydrogen) atoms. The molecule has 2 aliphatic heterocycles. The minimum Gasteiger partial charge on any atom is -0.496 e. The lowest BCUT2D eigenvalue weighted by atomic mass is 9.84. The number of aryl methyl sites for hydroxylation is 2. The quantitative estimate of drug-likeness (QED) is 0.218. The van der Waals surface area contributed by atoms with Crippen molar-refractivity contribution >= 4 is 45.5 Å². The molecule has 8 rings (SSSR count). The number of methoxy groups -OCH3 is 1.